The van der Waals surface area contributed by atoms with Gasteiger partial charge in [0.25, 0.3) is 17.4 Å². The fraction of sp³-hybridized carbons (Fsp3) is 0.529. The first-order valence-electron chi connectivity index (χ1n) is 15.4. The van der Waals surface area contributed by atoms with Gasteiger partial charge in [-0.3, -0.25) is 4.79 Å². The van der Waals surface area contributed by atoms with Crippen LogP contribution < -0.4 is 10.0 Å². The number of hydrogen-bond acceptors (Lipinski definition) is 8. The first kappa shape index (κ1) is 39.6. The van der Waals surface area contributed by atoms with E-state index in [1.54, 1.807) is 46.8 Å². The Kier molecular flexibility index (Phi) is 11.5. The Morgan fingerprint density at radius 2 is 1.45 bits per heavy atom. The van der Waals surface area contributed by atoms with Gasteiger partial charge in [0.2, 0.25) is 0 Å². The highest BCUT2D eigenvalue weighted by Crippen LogP contribution is 2.39. The molecule has 4 atom stereocenters. The van der Waals surface area contributed by atoms with Gasteiger partial charge in [-0.2, -0.15) is 0 Å². The maximum atomic E-state index is 15.3. The standard InChI is InChI=1S/C20H27F2NO5S.C14H15F2NO3/c1-17(2,3)29(26)23-19(6,13-9-7-8-10-14(13)21)11-12-20(22)15(24)27-18(4,5)28-16(20)25;1-13(9-5-3-4-6-10(9)15)7-8-14(16,11(18)17-13)12(19)20-2/h7-10,23H,11-12H2,1-6H3;3-6H,7-8H2,1-2H3,(H,17,18)/t19-,29+;13-,14?/m00/s1. The Balaban J connectivity index is 0.000000284. The quantitative estimate of drug-likeness (QED) is 0.215. The fourth-order valence-corrected chi connectivity index (χ4v) is 6.19. The van der Waals surface area contributed by atoms with E-state index in [-0.39, 0.29) is 30.4 Å². The summed E-state index contributed by atoms with van der Waals surface area (Å²) >= 11 is 0. The zero-order valence-electron chi connectivity index (χ0n) is 28.6. The second-order valence-electron chi connectivity index (χ2n) is 13.8. The minimum absolute atomic E-state index is 0.0886. The highest BCUT2D eigenvalue weighted by molar-refractivity contribution is 7.84. The zero-order valence-corrected chi connectivity index (χ0v) is 29.4. The lowest BCUT2D eigenvalue weighted by atomic mass is 9.79. The summed E-state index contributed by atoms with van der Waals surface area (Å²) in [6.07, 6.45) is -1.13. The van der Waals surface area contributed by atoms with Crippen LogP contribution in [0, 0.1) is 11.6 Å². The summed E-state index contributed by atoms with van der Waals surface area (Å²) in [6.45, 7) is 11.0. The molecule has 15 heteroatoms. The zero-order chi connectivity index (χ0) is 37.2. The van der Waals surface area contributed by atoms with Gasteiger partial charge in [0.15, 0.2) is 0 Å². The van der Waals surface area contributed by atoms with Crippen LogP contribution in [-0.2, 0) is 55.5 Å². The predicted octanol–water partition coefficient (Wildman–Crippen LogP) is 5.25. The topological polar surface area (TPSA) is 137 Å². The summed E-state index contributed by atoms with van der Waals surface area (Å²) in [7, 11) is -0.621. The van der Waals surface area contributed by atoms with Crippen molar-refractivity contribution in [3.63, 3.8) is 0 Å². The lowest BCUT2D eigenvalue weighted by molar-refractivity contribution is -0.253. The number of methoxy groups -OCH3 is 1. The van der Waals surface area contributed by atoms with Gasteiger partial charge in [-0.25, -0.2) is 40.9 Å². The van der Waals surface area contributed by atoms with E-state index in [4.69, 9.17) is 9.47 Å². The first-order chi connectivity index (χ1) is 22.4. The number of rotatable bonds is 8. The number of piperidine rings is 1. The van der Waals surface area contributed by atoms with Crippen molar-refractivity contribution in [2.45, 2.75) is 107 Å². The Labute approximate surface area is 285 Å². The van der Waals surface area contributed by atoms with E-state index >= 15 is 4.39 Å². The van der Waals surface area contributed by atoms with Crippen molar-refractivity contribution in [1.82, 2.24) is 10.0 Å². The minimum Gasteiger partial charge on any atom is -0.466 e. The van der Waals surface area contributed by atoms with Crippen molar-refractivity contribution in [1.29, 1.82) is 0 Å². The number of alkyl halides is 2. The van der Waals surface area contributed by atoms with Crippen molar-refractivity contribution in [3.8, 4) is 0 Å². The van der Waals surface area contributed by atoms with Crippen LogP contribution in [0.15, 0.2) is 48.5 Å². The Morgan fingerprint density at radius 1 is 0.918 bits per heavy atom. The van der Waals surface area contributed by atoms with Crippen LogP contribution in [0.2, 0.25) is 0 Å². The third-order valence-corrected chi connectivity index (χ3v) is 10.1. The summed E-state index contributed by atoms with van der Waals surface area (Å²) in [5.74, 6) is -7.68. The molecule has 2 aromatic carbocycles. The van der Waals surface area contributed by atoms with Crippen LogP contribution in [0.3, 0.4) is 0 Å². The summed E-state index contributed by atoms with van der Waals surface area (Å²) in [5, 5.41) is 2.40. The van der Waals surface area contributed by atoms with Crippen molar-refractivity contribution >= 4 is 34.8 Å². The molecule has 0 aliphatic carbocycles. The number of cyclic esters (lactones) is 2. The average Bonchev–Trinajstić information content (AvgIpc) is 3.00. The molecule has 2 aromatic rings. The molecular formula is C34H42F4N2O8S. The van der Waals surface area contributed by atoms with E-state index < -0.39 is 85.8 Å². The van der Waals surface area contributed by atoms with Gasteiger partial charge < -0.3 is 19.5 Å². The van der Waals surface area contributed by atoms with Crippen LogP contribution in [0.1, 0.15) is 85.3 Å². The number of benzene rings is 2. The molecule has 0 aromatic heterocycles. The average molecular weight is 715 g/mol. The molecule has 10 nitrogen and oxygen atoms in total. The van der Waals surface area contributed by atoms with E-state index in [1.807, 2.05) is 0 Å². The van der Waals surface area contributed by atoms with Gasteiger partial charge in [0.05, 0.1) is 33.9 Å². The molecule has 2 fully saturated rings. The molecule has 2 aliphatic rings. The third-order valence-electron chi connectivity index (χ3n) is 8.33. The van der Waals surface area contributed by atoms with E-state index in [1.165, 1.54) is 50.2 Å². The molecule has 2 aliphatic heterocycles. The number of esters is 3. The third kappa shape index (κ3) is 8.48. The molecule has 0 bridgehead atoms. The fourth-order valence-electron chi connectivity index (χ4n) is 5.26. The second kappa shape index (κ2) is 14.2. The lowest BCUT2D eigenvalue weighted by Gasteiger charge is -2.40. The number of amides is 1. The Morgan fingerprint density at radius 3 is 1.94 bits per heavy atom. The molecular weight excluding hydrogens is 672 g/mol. The van der Waals surface area contributed by atoms with Crippen LogP contribution in [0.5, 0.6) is 0 Å². The van der Waals surface area contributed by atoms with Crippen LogP contribution >= 0.6 is 0 Å². The maximum Gasteiger partial charge on any atom is 0.359 e. The molecule has 0 spiro atoms. The van der Waals surface area contributed by atoms with Gasteiger partial charge in [-0.1, -0.05) is 36.4 Å². The smallest absolute Gasteiger partial charge is 0.359 e. The maximum absolute atomic E-state index is 15.3. The Hall–Kier alpha value is -3.85. The molecule has 1 unspecified atom stereocenters. The van der Waals surface area contributed by atoms with Crippen LogP contribution in [0.25, 0.3) is 0 Å². The van der Waals surface area contributed by atoms with E-state index in [9.17, 15) is 36.6 Å². The molecule has 0 radical (unpaired) electrons. The van der Waals surface area contributed by atoms with Crippen molar-refractivity contribution in [2.24, 2.45) is 0 Å². The van der Waals surface area contributed by atoms with Crippen molar-refractivity contribution in [3.05, 3.63) is 71.3 Å². The van der Waals surface area contributed by atoms with Gasteiger partial charge in [-0.15, -0.1) is 0 Å². The van der Waals surface area contributed by atoms with Crippen LogP contribution in [-0.4, -0.2) is 57.0 Å². The highest BCUT2D eigenvalue weighted by atomic mass is 32.2. The lowest BCUT2D eigenvalue weighted by Crippen LogP contribution is -2.60. The van der Waals surface area contributed by atoms with E-state index in [0.717, 1.165) is 7.11 Å². The highest BCUT2D eigenvalue weighted by Gasteiger charge is 2.58. The summed E-state index contributed by atoms with van der Waals surface area (Å²) in [6, 6.07) is 11.8. The van der Waals surface area contributed by atoms with E-state index in [0.29, 0.717) is 0 Å². The SMILES string of the molecule is CC1(C)OC(=O)C(F)(CC[C@](C)(N[S@](=O)C(C)(C)C)c2ccccc2F)C(=O)O1.COC(=O)C1(F)CC[C@@](C)(c2ccccc2F)NC1=O. The first-order valence-corrected chi connectivity index (χ1v) is 16.5. The van der Waals surface area contributed by atoms with Gasteiger partial charge in [0, 0.05) is 37.8 Å². The number of hydrogen-bond donors (Lipinski definition) is 2. The molecule has 49 heavy (non-hydrogen) atoms. The molecule has 270 valence electrons. The predicted molar refractivity (Wildman–Crippen MR) is 171 cm³/mol. The van der Waals surface area contributed by atoms with Gasteiger partial charge >= 0.3 is 23.6 Å². The van der Waals surface area contributed by atoms with E-state index in [2.05, 4.69) is 14.8 Å². The van der Waals surface area contributed by atoms with Gasteiger partial charge in [0.1, 0.15) is 11.6 Å². The molecule has 0 saturated carbocycles. The number of ether oxygens (including phenoxy) is 3. The summed E-state index contributed by atoms with van der Waals surface area (Å²) in [4.78, 5) is 47.7. The largest absolute Gasteiger partial charge is 0.466 e. The summed E-state index contributed by atoms with van der Waals surface area (Å²) in [5.41, 5.74) is -7.73. The normalized spacial score (nSPS) is 24.9. The van der Waals surface area contributed by atoms with Gasteiger partial charge in [-0.05, 0) is 59.6 Å². The monoisotopic (exact) mass is 714 g/mol. The Bertz CT molecular complexity index is 1610. The number of halogens is 4. The molecule has 4 rings (SSSR count). The molecule has 2 saturated heterocycles. The second-order valence-corrected chi connectivity index (χ2v) is 15.8. The van der Waals surface area contributed by atoms with Crippen molar-refractivity contribution < 1.29 is 55.2 Å². The van der Waals surface area contributed by atoms with Crippen molar-refractivity contribution in [2.75, 3.05) is 7.11 Å². The molecule has 2 N–H and O–H groups in total. The number of carbonyl (C=O) groups excluding carboxylic acids is 4. The number of nitrogens with one attached hydrogen (secondary N) is 2. The molecule has 1 amide bonds. The number of carbonyl (C=O) groups is 4. The van der Waals surface area contributed by atoms with Crippen LogP contribution in [0.4, 0.5) is 17.6 Å². The minimum atomic E-state index is -3.03. The summed E-state index contributed by atoms with van der Waals surface area (Å²) < 4.78 is 86.9. The molecule has 2 heterocycles.